The van der Waals surface area contributed by atoms with Crippen LogP contribution in [0.4, 0.5) is 0 Å². The van der Waals surface area contributed by atoms with Crippen molar-refractivity contribution in [3.63, 3.8) is 0 Å². The molecule has 0 aromatic heterocycles. The zero-order valence-electron chi connectivity index (χ0n) is 12.1. The van der Waals surface area contributed by atoms with E-state index >= 15 is 0 Å². The fourth-order valence-electron chi connectivity index (χ4n) is 2.99. The van der Waals surface area contributed by atoms with Gasteiger partial charge in [0.25, 0.3) is 0 Å². The van der Waals surface area contributed by atoms with E-state index in [1.165, 1.54) is 0 Å². The average Bonchev–Trinajstić information content (AvgIpc) is 2.81. The number of hydrogen-bond acceptors (Lipinski definition) is 3. The number of halogens is 1. The Morgan fingerprint density at radius 3 is 2.63 bits per heavy atom. The second-order valence-corrected chi connectivity index (χ2v) is 6.15. The van der Waals surface area contributed by atoms with Gasteiger partial charge in [-0.3, -0.25) is 4.79 Å². The molecular formula is C14H27ClN2O2. The molecule has 0 aromatic carbocycles. The molecular weight excluding hydrogens is 264 g/mol. The monoisotopic (exact) mass is 290 g/mol. The quantitative estimate of drug-likeness (QED) is 0.862. The minimum atomic E-state index is -0.326. The summed E-state index contributed by atoms with van der Waals surface area (Å²) in [5.74, 6) is 0.457. The molecule has 19 heavy (non-hydrogen) atoms. The highest BCUT2D eigenvalue weighted by Crippen LogP contribution is 2.33. The van der Waals surface area contributed by atoms with E-state index in [4.69, 9.17) is 10.5 Å². The number of likely N-dealkylation sites (tertiary alicyclic amines) is 1. The summed E-state index contributed by atoms with van der Waals surface area (Å²) in [7, 11) is 0. The molecule has 0 saturated carbocycles. The van der Waals surface area contributed by atoms with Gasteiger partial charge in [-0.05, 0) is 37.0 Å². The van der Waals surface area contributed by atoms with Gasteiger partial charge >= 0.3 is 0 Å². The predicted molar refractivity (Wildman–Crippen MR) is 78.4 cm³/mol. The third-order valence-corrected chi connectivity index (χ3v) is 4.78. The maximum Gasteiger partial charge on any atom is 0.239 e. The number of carbonyl (C=O) groups is 1. The highest BCUT2D eigenvalue weighted by molar-refractivity contribution is 5.85. The van der Waals surface area contributed by atoms with Crippen molar-refractivity contribution in [2.45, 2.75) is 45.6 Å². The van der Waals surface area contributed by atoms with E-state index in [1.54, 1.807) is 0 Å². The lowest BCUT2D eigenvalue weighted by Crippen LogP contribution is -2.48. The van der Waals surface area contributed by atoms with Crippen molar-refractivity contribution in [3.05, 3.63) is 0 Å². The summed E-state index contributed by atoms with van der Waals surface area (Å²) in [6.45, 7) is 7.71. The van der Waals surface area contributed by atoms with Gasteiger partial charge in [-0.2, -0.15) is 0 Å². The molecule has 2 aliphatic rings. The first kappa shape index (κ1) is 16.7. The van der Waals surface area contributed by atoms with Crippen LogP contribution in [-0.4, -0.2) is 43.2 Å². The number of amides is 1. The van der Waals surface area contributed by atoms with Crippen molar-refractivity contribution < 1.29 is 9.53 Å². The van der Waals surface area contributed by atoms with Crippen LogP contribution in [0.2, 0.25) is 0 Å². The minimum Gasteiger partial charge on any atom is -0.381 e. The lowest BCUT2D eigenvalue weighted by atomic mass is 9.87. The SMILES string of the molecule is CCC1(C)CCN(C(=O)C(N)C2CCOCC2)C1.Cl. The molecule has 1 amide bonds. The molecule has 2 fully saturated rings. The summed E-state index contributed by atoms with van der Waals surface area (Å²) in [6.07, 6.45) is 4.08. The maximum atomic E-state index is 12.4. The molecule has 2 rings (SSSR count). The van der Waals surface area contributed by atoms with Crippen LogP contribution in [0.3, 0.4) is 0 Å². The first-order valence-corrected chi connectivity index (χ1v) is 7.18. The van der Waals surface area contributed by atoms with Gasteiger partial charge < -0.3 is 15.4 Å². The number of ether oxygens (including phenoxy) is 1. The van der Waals surface area contributed by atoms with Gasteiger partial charge in [-0.1, -0.05) is 13.8 Å². The van der Waals surface area contributed by atoms with E-state index in [0.29, 0.717) is 11.3 Å². The summed E-state index contributed by atoms with van der Waals surface area (Å²) in [5, 5.41) is 0. The third-order valence-electron chi connectivity index (χ3n) is 4.78. The van der Waals surface area contributed by atoms with Gasteiger partial charge in [-0.15, -0.1) is 12.4 Å². The van der Waals surface area contributed by atoms with Crippen LogP contribution in [0.1, 0.15) is 39.5 Å². The topological polar surface area (TPSA) is 55.6 Å². The summed E-state index contributed by atoms with van der Waals surface area (Å²) in [6, 6.07) is -0.326. The summed E-state index contributed by atoms with van der Waals surface area (Å²) >= 11 is 0. The molecule has 0 aromatic rings. The van der Waals surface area contributed by atoms with Gasteiger partial charge in [0.1, 0.15) is 0 Å². The molecule has 2 heterocycles. The van der Waals surface area contributed by atoms with E-state index in [9.17, 15) is 4.79 Å². The Bertz CT molecular complexity index is 304. The number of carbonyl (C=O) groups excluding carboxylic acids is 1. The molecule has 2 atom stereocenters. The largest absolute Gasteiger partial charge is 0.381 e. The summed E-state index contributed by atoms with van der Waals surface area (Å²) in [5.41, 5.74) is 6.45. The third kappa shape index (κ3) is 3.83. The fourth-order valence-corrected chi connectivity index (χ4v) is 2.99. The van der Waals surface area contributed by atoms with Gasteiger partial charge in [0.15, 0.2) is 0 Å². The lowest BCUT2D eigenvalue weighted by Gasteiger charge is -2.30. The molecule has 2 aliphatic heterocycles. The molecule has 112 valence electrons. The minimum absolute atomic E-state index is 0. The Kier molecular flexibility index (Phi) is 6.09. The first-order valence-electron chi connectivity index (χ1n) is 7.18. The van der Waals surface area contributed by atoms with E-state index in [0.717, 1.165) is 52.0 Å². The summed E-state index contributed by atoms with van der Waals surface area (Å²) < 4.78 is 5.33. The van der Waals surface area contributed by atoms with Crippen molar-refractivity contribution in [3.8, 4) is 0 Å². The smallest absolute Gasteiger partial charge is 0.239 e. The Morgan fingerprint density at radius 2 is 2.11 bits per heavy atom. The fraction of sp³-hybridized carbons (Fsp3) is 0.929. The summed E-state index contributed by atoms with van der Waals surface area (Å²) in [4.78, 5) is 14.4. The van der Waals surface area contributed by atoms with Crippen LogP contribution >= 0.6 is 12.4 Å². The predicted octanol–water partition coefficient (Wildman–Crippen LogP) is 1.81. The standard InChI is InChI=1S/C14H26N2O2.ClH/c1-3-14(2)6-7-16(10-14)13(17)12(15)11-4-8-18-9-5-11;/h11-12H,3-10,15H2,1-2H3;1H. The highest BCUT2D eigenvalue weighted by atomic mass is 35.5. The zero-order valence-corrected chi connectivity index (χ0v) is 12.9. The van der Waals surface area contributed by atoms with E-state index in [-0.39, 0.29) is 24.4 Å². The van der Waals surface area contributed by atoms with Gasteiger partial charge in [0.05, 0.1) is 6.04 Å². The maximum absolute atomic E-state index is 12.4. The molecule has 5 heteroatoms. The Morgan fingerprint density at radius 1 is 1.47 bits per heavy atom. The zero-order chi connectivity index (χ0) is 13.2. The Hall–Kier alpha value is -0.320. The van der Waals surface area contributed by atoms with Crippen molar-refractivity contribution >= 4 is 18.3 Å². The lowest BCUT2D eigenvalue weighted by molar-refractivity contribution is -0.134. The molecule has 2 N–H and O–H groups in total. The number of nitrogens with zero attached hydrogens (tertiary/aromatic N) is 1. The molecule has 2 unspecified atom stereocenters. The molecule has 0 aliphatic carbocycles. The van der Waals surface area contributed by atoms with Crippen molar-refractivity contribution in [2.75, 3.05) is 26.3 Å². The van der Waals surface area contributed by atoms with Crippen LogP contribution in [0.5, 0.6) is 0 Å². The Labute approximate surface area is 122 Å². The van der Waals surface area contributed by atoms with Gasteiger partial charge in [0.2, 0.25) is 5.91 Å². The van der Waals surface area contributed by atoms with Crippen LogP contribution in [0, 0.1) is 11.3 Å². The Balaban J connectivity index is 0.00000180. The molecule has 0 bridgehead atoms. The number of nitrogens with two attached hydrogens (primary N) is 1. The first-order chi connectivity index (χ1) is 8.56. The van der Waals surface area contributed by atoms with Gasteiger partial charge in [-0.25, -0.2) is 0 Å². The van der Waals surface area contributed by atoms with Crippen LogP contribution < -0.4 is 5.73 Å². The highest BCUT2D eigenvalue weighted by Gasteiger charge is 2.38. The normalized spacial score (nSPS) is 29.9. The molecule has 0 radical (unpaired) electrons. The van der Waals surface area contributed by atoms with Crippen LogP contribution in [0.15, 0.2) is 0 Å². The second kappa shape index (κ2) is 6.91. The molecule has 4 nitrogen and oxygen atoms in total. The van der Waals surface area contributed by atoms with E-state index < -0.39 is 0 Å². The van der Waals surface area contributed by atoms with Gasteiger partial charge in [0, 0.05) is 26.3 Å². The van der Waals surface area contributed by atoms with E-state index in [1.807, 2.05) is 4.90 Å². The molecule has 0 spiro atoms. The van der Waals surface area contributed by atoms with Crippen molar-refractivity contribution in [1.29, 1.82) is 0 Å². The van der Waals surface area contributed by atoms with Crippen LogP contribution in [0.25, 0.3) is 0 Å². The van der Waals surface area contributed by atoms with E-state index in [2.05, 4.69) is 13.8 Å². The van der Waals surface area contributed by atoms with Crippen LogP contribution in [-0.2, 0) is 9.53 Å². The van der Waals surface area contributed by atoms with Crippen molar-refractivity contribution in [2.24, 2.45) is 17.1 Å². The number of rotatable bonds is 3. The average molecular weight is 291 g/mol. The van der Waals surface area contributed by atoms with Crippen molar-refractivity contribution in [1.82, 2.24) is 4.90 Å². The molecule has 2 saturated heterocycles. The second-order valence-electron chi connectivity index (χ2n) is 6.15. The number of hydrogen-bond donors (Lipinski definition) is 1.